The Morgan fingerprint density at radius 2 is 1.95 bits per heavy atom. The highest BCUT2D eigenvalue weighted by Crippen LogP contribution is 2.27. The van der Waals surface area contributed by atoms with Crippen LogP contribution in [0.2, 0.25) is 0 Å². The van der Waals surface area contributed by atoms with Gasteiger partial charge in [0.2, 0.25) is 5.13 Å². The number of benzene rings is 1. The molecule has 6 nitrogen and oxygen atoms in total. The van der Waals surface area contributed by atoms with Crippen LogP contribution in [0.5, 0.6) is 0 Å². The molecule has 1 N–H and O–H groups in total. The van der Waals surface area contributed by atoms with Crippen molar-refractivity contribution in [3.63, 3.8) is 0 Å². The van der Waals surface area contributed by atoms with Crippen molar-refractivity contribution >= 4 is 38.1 Å². The molecule has 3 aromatic rings. The predicted molar refractivity (Wildman–Crippen MR) is 77.3 cm³/mol. The molecule has 19 heavy (non-hydrogen) atoms. The van der Waals surface area contributed by atoms with Gasteiger partial charge in [-0.1, -0.05) is 32.5 Å². The highest BCUT2D eigenvalue weighted by Gasteiger charge is 2.09. The summed E-state index contributed by atoms with van der Waals surface area (Å²) in [5.74, 6) is 0. The Bertz CT molecular complexity index is 689. The Morgan fingerprint density at radius 3 is 2.63 bits per heavy atom. The van der Waals surface area contributed by atoms with Crippen molar-refractivity contribution in [1.29, 1.82) is 0 Å². The van der Waals surface area contributed by atoms with Gasteiger partial charge in [0.1, 0.15) is 5.69 Å². The molecule has 0 aliphatic heterocycles. The molecule has 3 rings (SSSR count). The fourth-order valence-corrected chi connectivity index (χ4v) is 2.46. The van der Waals surface area contributed by atoms with Gasteiger partial charge >= 0.3 is 0 Å². The molecule has 0 bridgehead atoms. The Balaban J connectivity index is 1.80. The molecule has 0 fully saturated rings. The van der Waals surface area contributed by atoms with Crippen LogP contribution < -0.4 is 5.32 Å². The van der Waals surface area contributed by atoms with Crippen LogP contribution in [0.25, 0.3) is 10.7 Å². The molecule has 2 aromatic heterocycles. The van der Waals surface area contributed by atoms with Gasteiger partial charge in [-0.25, -0.2) is 0 Å². The summed E-state index contributed by atoms with van der Waals surface area (Å²) >= 11 is 4.83. The second-order valence-corrected chi connectivity index (χ2v) is 5.71. The molecule has 0 aliphatic rings. The Labute approximate surface area is 121 Å². The van der Waals surface area contributed by atoms with E-state index in [-0.39, 0.29) is 0 Å². The van der Waals surface area contributed by atoms with Gasteiger partial charge in [-0.15, -0.1) is 15.3 Å². The number of hydrogen-bond donors (Lipinski definition) is 1. The summed E-state index contributed by atoms with van der Waals surface area (Å²) in [4.78, 5) is 0. The maximum atomic E-state index is 4.09. The molecule has 0 amide bonds. The van der Waals surface area contributed by atoms with Crippen molar-refractivity contribution < 1.29 is 0 Å². The number of hydrogen-bond acceptors (Lipinski definition) is 6. The summed E-state index contributed by atoms with van der Waals surface area (Å²) in [6.07, 6.45) is 1.81. The highest BCUT2D eigenvalue weighted by molar-refractivity contribution is 9.10. The Morgan fingerprint density at radius 1 is 1.16 bits per heavy atom. The number of rotatable bonds is 3. The normalized spacial score (nSPS) is 10.6. The summed E-state index contributed by atoms with van der Waals surface area (Å²) in [6, 6.07) is 7.86. The smallest absolute Gasteiger partial charge is 0.210 e. The third-order valence-corrected chi connectivity index (χ3v) is 3.73. The fourth-order valence-electron chi connectivity index (χ4n) is 1.48. The minimum atomic E-state index is 0.725. The first-order chi connectivity index (χ1) is 9.20. The van der Waals surface area contributed by atoms with E-state index >= 15 is 0 Å². The maximum absolute atomic E-state index is 4.09. The van der Waals surface area contributed by atoms with Gasteiger partial charge in [0.25, 0.3) is 0 Å². The van der Waals surface area contributed by atoms with Gasteiger partial charge in [0.15, 0.2) is 5.01 Å². The summed E-state index contributed by atoms with van der Waals surface area (Å²) in [5, 5.41) is 20.7. The number of halogens is 1. The monoisotopic (exact) mass is 336 g/mol. The first-order valence-corrected chi connectivity index (χ1v) is 7.04. The molecule has 0 saturated carbocycles. The quantitative estimate of drug-likeness (QED) is 0.796. The third kappa shape index (κ3) is 2.79. The van der Waals surface area contributed by atoms with E-state index in [2.05, 4.69) is 41.8 Å². The summed E-state index contributed by atoms with van der Waals surface area (Å²) < 4.78 is 2.68. The second kappa shape index (κ2) is 5.06. The van der Waals surface area contributed by atoms with Crippen molar-refractivity contribution in [2.24, 2.45) is 7.05 Å². The lowest BCUT2D eigenvalue weighted by atomic mass is 10.3. The molecule has 0 unspecified atom stereocenters. The Hall–Kier alpha value is -1.80. The van der Waals surface area contributed by atoms with E-state index in [0.29, 0.717) is 0 Å². The van der Waals surface area contributed by atoms with Gasteiger partial charge < -0.3 is 5.32 Å². The molecule has 96 valence electrons. The molecule has 8 heteroatoms. The lowest BCUT2D eigenvalue weighted by Crippen LogP contribution is -1.88. The molecule has 0 radical (unpaired) electrons. The van der Waals surface area contributed by atoms with Crippen molar-refractivity contribution in [2.45, 2.75) is 0 Å². The van der Waals surface area contributed by atoms with Gasteiger partial charge in [-0.2, -0.15) is 0 Å². The van der Waals surface area contributed by atoms with E-state index in [1.807, 2.05) is 37.5 Å². The van der Waals surface area contributed by atoms with Crippen LogP contribution in [0.4, 0.5) is 10.8 Å². The minimum Gasteiger partial charge on any atom is -0.330 e. The highest BCUT2D eigenvalue weighted by atomic mass is 79.9. The van der Waals surface area contributed by atoms with Crippen LogP contribution in [0.15, 0.2) is 34.9 Å². The van der Waals surface area contributed by atoms with E-state index in [9.17, 15) is 0 Å². The first-order valence-electron chi connectivity index (χ1n) is 5.43. The van der Waals surface area contributed by atoms with Crippen molar-refractivity contribution in [2.75, 3.05) is 5.32 Å². The lowest BCUT2D eigenvalue weighted by Gasteiger charge is -2.00. The topological polar surface area (TPSA) is 68.5 Å². The van der Waals surface area contributed by atoms with Crippen LogP contribution in [-0.2, 0) is 7.05 Å². The number of nitrogens with one attached hydrogen (secondary N) is 1. The summed E-state index contributed by atoms with van der Waals surface area (Å²) in [7, 11) is 1.82. The van der Waals surface area contributed by atoms with Crippen LogP contribution in [0, 0.1) is 0 Å². The summed E-state index contributed by atoms with van der Waals surface area (Å²) in [6.45, 7) is 0. The van der Waals surface area contributed by atoms with Crippen LogP contribution in [0.3, 0.4) is 0 Å². The van der Waals surface area contributed by atoms with E-state index in [4.69, 9.17) is 0 Å². The van der Waals surface area contributed by atoms with Gasteiger partial charge in [-0.05, 0) is 24.3 Å². The molecule has 1 aromatic carbocycles. The lowest BCUT2D eigenvalue weighted by molar-refractivity contribution is 0.715. The SMILES string of the molecule is Cn1cc(-c2nnc(Nc3ccc(Br)cc3)s2)nn1. The minimum absolute atomic E-state index is 0.725. The van der Waals surface area contributed by atoms with Crippen LogP contribution >= 0.6 is 27.3 Å². The zero-order chi connectivity index (χ0) is 13.2. The average molecular weight is 337 g/mol. The maximum Gasteiger partial charge on any atom is 0.210 e. The third-order valence-electron chi connectivity index (χ3n) is 2.34. The standard InChI is InChI=1S/C11H9BrN6S/c1-18-6-9(14-17-18)10-15-16-11(19-10)13-8-4-2-7(12)3-5-8/h2-6H,1H3,(H,13,16). The molecule has 0 spiro atoms. The largest absolute Gasteiger partial charge is 0.330 e. The number of aryl methyl sites for hydroxylation is 1. The van der Waals surface area contributed by atoms with Crippen molar-refractivity contribution in [3.05, 3.63) is 34.9 Å². The molecular formula is C11H9BrN6S. The summed E-state index contributed by atoms with van der Waals surface area (Å²) in [5.41, 5.74) is 1.69. The first kappa shape index (κ1) is 12.2. The van der Waals surface area contributed by atoms with Crippen LogP contribution in [0.1, 0.15) is 0 Å². The molecule has 0 saturated heterocycles. The zero-order valence-corrected chi connectivity index (χ0v) is 12.3. The van der Waals surface area contributed by atoms with E-state index < -0.39 is 0 Å². The molecule has 0 aliphatic carbocycles. The number of nitrogens with zero attached hydrogens (tertiary/aromatic N) is 5. The van der Waals surface area contributed by atoms with Gasteiger partial charge in [-0.3, -0.25) is 4.68 Å². The zero-order valence-electron chi connectivity index (χ0n) is 9.91. The molecule has 0 atom stereocenters. The molecule has 2 heterocycles. The number of anilines is 2. The van der Waals surface area contributed by atoms with Crippen molar-refractivity contribution in [1.82, 2.24) is 25.2 Å². The van der Waals surface area contributed by atoms with Crippen molar-refractivity contribution in [3.8, 4) is 10.7 Å². The number of aromatic nitrogens is 5. The Kier molecular flexibility index (Phi) is 3.26. The average Bonchev–Trinajstić information content (AvgIpc) is 3.01. The van der Waals surface area contributed by atoms with E-state index in [1.54, 1.807) is 4.68 Å². The molecular weight excluding hydrogens is 328 g/mol. The van der Waals surface area contributed by atoms with Gasteiger partial charge in [0.05, 0.1) is 6.20 Å². The van der Waals surface area contributed by atoms with E-state index in [1.165, 1.54) is 11.3 Å². The van der Waals surface area contributed by atoms with E-state index in [0.717, 1.165) is 26.0 Å². The predicted octanol–water partition coefficient (Wildman–Crippen LogP) is 2.84. The van der Waals surface area contributed by atoms with Gasteiger partial charge in [0, 0.05) is 17.2 Å². The second-order valence-electron chi connectivity index (χ2n) is 3.82. The van der Waals surface area contributed by atoms with Crippen LogP contribution in [-0.4, -0.2) is 25.2 Å². The fraction of sp³-hybridized carbons (Fsp3) is 0.0909.